The van der Waals surface area contributed by atoms with E-state index >= 15 is 0 Å². The molecule has 0 fully saturated rings. The highest BCUT2D eigenvalue weighted by atomic mass is 35.5. The number of ether oxygens (including phenoxy) is 2. The van der Waals surface area contributed by atoms with E-state index in [0.717, 1.165) is 11.1 Å². The number of likely N-dealkylation sites (N-methyl/N-ethyl adjacent to an activating group) is 1. The summed E-state index contributed by atoms with van der Waals surface area (Å²) in [7, 11) is 5.48. The van der Waals surface area contributed by atoms with Crippen LogP contribution in [0.2, 0.25) is 0 Å². The van der Waals surface area contributed by atoms with Crippen molar-refractivity contribution >= 4 is 29.4 Å². The van der Waals surface area contributed by atoms with Crippen molar-refractivity contribution in [3.8, 4) is 5.75 Å². The van der Waals surface area contributed by atoms with Gasteiger partial charge in [0.25, 0.3) is 0 Å². The summed E-state index contributed by atoms with van der Waals surface area (Å²) >= 11 is 5.65. The minimum absolute atomic E-state index is 0.176. The van der Waals surface area contributed by atoms with Crippen LogP contribution >= 0.6 is 11.6 Å². The standard InChI is InChI=1S/C21H33ClN4O4/c1-21(2,3)30-20(28)26-12-14-10-16(24-19(27)23-9-7-8-22)18(29-6)11-15(14)17(26)13-25(4)5/h10-11,17H,7-9,12-13H2,1-6H3,(H2,23,24,27). The lowest BCUT2D eigenvalue weighted by molar-refractivity contribution is 0.0150. The number of methoxy groups -OCH3 is 1. The number of carbonyl (C=O) groups is 2. The molecular weight excluding hydrogens is 408 g/mol. The molecule has 1 heterocycles. The van der Waals surface area contributed by atoms with Crippen molar-refractivity contribution in [3.05, 3.63) is 23.3 Å². The molecule has 2 rings (SSSR count). The third kappa shape index (κ3) is 6.40. The zero-order chi connectivity index (χ0) is 22.5. The Kier molecular flexibility index (Phi) is 8.20. The van der Waals surface area contributed by atoms with Crippen LogP contribution in [0.25, 0.3) is 0 Å². The average molecular weight is 441 g/mol. The molecule has 1 aromatic rings. The van der Waals surface area contributed by atoms with Gasteiger partial charge in [0, 0.05) is 19.0 Å². The first-order valence-corrected chi connectivity index (χ1v) is 10.5. The van der Waals surface area contributed by atoms with Gasteiger partial charge in [0.2, 0.25) is 0 Å². The van der Waals surface area contributed by atoms with Gasteiger partial charge in [-0.05, 0) is 64.5 Å². The number of halogens is 1. The molecule has 0 spiro atoms. The molecule has 168 valence electrons. The van der Waals surface area contributed by atoms with Gasteiger partial charge in [-0.2, -0.15) is 0 Å². The number of fused-ring (bicyclic) bond motifs is 1. The summed E-state index contributed by atoms with van der Waals surface area (Å²) in [6, 6.07) is 3.25. The van der Waals surface area contributed by atoms with Crippen LogP contribution in [0.4, 0.5) is 15.3 Å². The van der Waals surface area contributed by atoms with Gasteiger partial charge in [0.05, 0.1) is 25.4 Å². The molecule has 3 amide bonds. The third-order valence-corrected chi connectivity index (χ3v) is 4.81. The van der Waals surface area contributed by atoms with Gasteiger partial charge in [0.1, 0.15) is 11.4 Å². The number of benzene rings is 1. The highest BCUT2D eigenvalue weighted by Crippen LogP contribution is 2.40. The monoisotopic (exact) mass is 440 g/mol. The molecule has 30 heavy (non-hydrogen) atoms. The van der Waals surface area contributed by atoms with Crippen LogP contribution in [0.15, 0.2) is 12.1 Å². The summed E-state index contributed by atoms with van der Waals surface area (Å²) in [5, 5.41) is 5.58. The molecule has 1 aromatic carbocycles. The number of alkyl halides is 1. The van der Waals surface area contributed by atoms with E-state index in [0.29, 0.717) is 43.4 Å². The minimum atomic E-state index is -0.583. The number of carbonyl (C=O) groups excluding carboxylic acids is 2. The van der Waals surface area contributed by atoms with Crippen molar-refractivity contribution in [3.63, 3.8) is 0 Å². The fourth-order valence-corrected chi connectivity index (χ4v) is 3.44. The molecule has 0 radical (unpaired) electrons. The Balaban J connectivity index is 2.30. The van der Waals surface area contributed by atoms with Gasteiger partial charge in [-0.1, -0.05) is 0 Å². The molecule has 1 aliphatic heterocycles. The van der Waals surface area contributed by atoms with Crippen LogP contribution in [-0.4, -0.2) is 67.7 Å². The number of rotatable bonds is 7. The number of hydrogen-bond donors (Lipinski definition) is 2. The van der Waals surface area contributed by atoms with Crippen LogP contribution in [0.1, 0.15) is 44.4 Å². The topological polar surface area (TPSA) is 83.1 Å². The lowest BCUT2D eigenvalue weighted by Crippen LogP contribution is -2.39. The highest BCUT2D eigenvalue weighted by Gasteiger charge is 2.37. The van der Waals surface area contributed by atoms with E-state index in [1.165, 1.54) is 0 Å². The molecule has 2 N–H and O–H groups in total. The van der Waals surface area contributed by atoms with E-state index in [1.807, 2.05) is 51.9 Å². The number of nitrogens with one attached hydrogen (secondary N) is 2. The number of amides is 3. The second-order valence-electron chi connectivity index (χ2n) is 8.56. The fraction of sp³-hybridized carbons (Fsp3) is 0.619. The van der Waals surface area contributed by atoms with Crippen LogP contribution in [-0.2, 0) is 11.3 Å². The SMILES string of the molecule is COc1cc2c(cc1NC(=O)NCCCCl)CN(C(=O)OC(C)(C)C)C2CN(C)C. The average Bonchev–Trinajstić information content (AvgIpc) is 2.96. The normalized spacial score (nSPS) is 15.7. The summed E-state index contributed by atoms with van der Waals surface area (Å²) in [5.41, 5.74) is 1.90. The molecule has 1 atom stereocenters. The van der Waals surface area contributed by atoms with Crippen molar-refractivity contribution in [2.75, 3.05) is 45.5 Å². The summed E-state index contributed by atoms with van der Waals surface area (Å²) in [4.78, 5) is 28.8. The van der Waals surface area contributed by atoms with Crippen LogP contribution in [0.5, 0.6) is 5.75 Å². The Morgan fingerprint density at radius 1 is 1.30 bits per heavy atom. The zero-order valence-corrected chi connectivity index (χ0v) is 19.4. The lowest BCUT2D eigenvalue weighted by atomic mass is 10.0. The molecule has 1 aliphatic rings. The largest absolute Gasteiger partial charge is 0.495 e. The molecule has 8 nitrogen and oxygen atoms in total. The zero-order valence-electron chi connectivity index (χ0n) is 18.7. The minimum Gasteiger partial charge on any atom is -0.495 e. The molecular formula is C21H33ClN4O4. The van der Waals surface area contributed by atoms with Crippen LogP contribution in [0, 0.1) is 0 Å². The van der Waals surface area contributed by atoms with Crippen molar-refractivity contribution < 1.29 is 19.1 Å². The Hall–Kier alpha value is -2.19. The van der Waals surface area contributed by atoms with Crippen molar-refractivity contribution in [1.29, 1.82) is 0 Å². The Morgan fingerprint density at radius 3 is 2.57 bits per heavy atom. The molecule has 9 heteroatoms. The first-order valence-electron chi connectivity index (χ1n) is 10.0. The van der Waals surface area contributed by atoms with E-state index in [-0.39, 0.29) is 18.2 Å². The highest BCUT2D eigenvalue weighted by molar-refractivity contribution is 6.17. The second-order valence-corrected chi connectivity index (χ2v) is 8.94. The third-order valence-electron chi connectivity index (χ3n) is 4.55. The fourth-order valence-electron chi connectivity index (χ4n) is 3.31. The number of anilines is 1. The summed E-state index contributed by atoms with van der Waals surface area (Å²) < 4.78 is 11.1. The molecule has 0 bridgehead atoms. The number of urea groups is 1. The van der Waals surface area contributed by atoms with E-state index in [9.17, 15) is 9.59 Å². The summed E-state index contributed by atoms with van der Waals surface area (Å²) in [6.07, 6.45) is 0.325. The van der Waals surface area contributed by atoms with Gasteiger partial charge in [0.15, 0.2) is 0 Å². The number of nitrogens with zero attached hydrogens (tertiary/aromatic N) is 2. The molecule has 1 unspecified atom stereocenters. The van der Waals surface area contributed by atoms with E-state index in [2.05, 4.69) is 10.6 Å². The summed E-state index contributed by atoms with van der Waals surface area (Å²) in [6.45, 7) is 7.07. The van der Waals surface area contributed by atoms with Gasteiger partial charge < -0.3 is 25.0 Å². The van der Waals surface area contributed by atoms with Gasteiger partial charge >= 0.3 is 12.1 Å². The van der Waals surface area contributed by atoms with Crippen molar-refractivity contribution in [2.45, 2.75) is 45.4 Å². The Morgan fingerprint density at radius 2 is 2.00 bits per heavy atom. The van der Waals surface area contributed by atoms with E-state index < -0.39 is 5.60 Å². The maximum atomic E-state index is 12.8. The van der Waals surface area contributed by atoms with Gasteiger partial charge in [-0.25, -0.2) is 9.59 Å². The van der Waals surface area contributed by atoms with Crippen molar-refractivity contribution in [1.82, 2.24) is 15.1 Å². The van der Waals surface area contributed by atoms with Gasteiger partial charge in [-0.15, -0.1) is 11.6 Å². The molecule has 0 aromatic heterocycles. The predicted molar refractivity (Wildman–Crippen MR) is 118 cm³/mol. The lowest BCUT2D eigenvalue weighted by Gasteiger charge is -2.30. The smallest absolute Gasteiger partial charge is 0.411 e. The van der Waals surface area contributed by atoms with E-state index in [4.69, 9.17) is 21.1 Å². The first kappa shape index (κ1) is 24.1. The Bertz CT molecular complexity index is 764. The van der Waals surface area contributed by atoms with E-state index in [1.54, 1.807) is 12.0 Å². The molecule has 0 aliphatic carbocycles. The maximum Gasteiger partial charge on any atom is 0.411 e. The van der Waals surface area contributed by atoms with Gasteiger partial charge in [-0.3, -0.25) is 4.90 Å². The predicted octanol–water partition coefficient (Wildman–Crippen LogP) is 3.80. The first-order chi connectivity index (χ1) is 14.1. The van der Waals surface area contributed by atoms with Crippen LogP contribution < -0.4 is 15.4 Å². The van der Waals surface area contributed by atoms with Crippen molar-refractivity contribution in [2.24, 2.45) is 0 Å². The quantitative estimate of drug-likeness (QED) is 0.497. The molecule has 0 saturated heterocycles. The summed E-state index contributed by atoms with van der Waals surface area (Å²) in [5.74, 6) is 1.02. The maximum absolute atomic E-state index is 12.8. The van der Waals surface area contributed by atoms with Crippen LogP contribution in [0.3, 0.4) is 0 Å². The molecule has 0 saturated carbocycles. The Labute approximate surface area is 183 Å². The number of hydrogen-bond acceptors (Lipinski definition) is 5. The second kappa shape index (κ2) is 10.2.